The predicted molar refractivity (Wildman–Crippen MR) is 129 cm³/mol. The summed E-state index contributed by atoms with van der Waals surface area (Å²) in [6, 6.07) is 15.9. The van der Waals surface area contributed by atoms with Gasteiger partial charge in [0.2, 0.25) is 0 Å². The van der Waals surface area contributed by atoms with Gasteiger partial charge in [0.05, 0.1) is 6.54 Å². The van der Waals surface area contributed by atoms with Crippen molar-refractivity contribution in [2.75, 3.05) is 6.54 Å². The fourth-order valence-corrected chi connectivity index (χ4v) is 3.55. The molecule has 0 spiro atoms. The van der Waals surface area contributed by atoms with E-state index in [4.69, 9.17) is 16.4 Å². The van der Waals surface area contributed by atoms with Gasteiger partial charge in [-0.15, -0.1) is 5.06 Å². The van der Waals surface area contributed by atoms with Crippen molar-refractivity contribution in [2.45, 2.75) is 71.8 Å². The molecule has 2 aromatic rings. The topological polar surface area (TPSA) is 29.5 Å². The van der Waals surface area contributed by atoms with Gasteiger partial charge in [-0.05, 0) is 48.2 Å². The van der Waals surface area contributed by atoms with Crippen molar-refractivity contribution in [1.29, 1.82) is 0 Å². The quantitative estimate of drug-likeness (QED) is 0.203. The Morgan fingerprint density at radius 3 is 2.45 bits per heavy atom. The third-order valence-electron chi connectivity index (χ3n) is 5.00. The van der Waals surface area contributed by atoms with Crippen LogP contribution < -0.4 is 0 Å². The van der Waals surface area contributed by atoms with Gasteiger partial charge < -0.3 is 4.84 Å². The van der Waals surface area contributed by atoms with E-state index in [0.717, 1.165) is 29.5 Å². The van der Waals surface area contributed by atoms with Gasteiger partial charge in [-0.25, -0.2) is 0 Å². The molecule has 0 aromatic heterocycles. The van der Waals surface area contributed by atoms with Gasteiger partial charge in [-0.1, -0.05) is 86.7 Å². The monoisotopic (exact) mass is 439 g/mol. The lowest BCUT2D eigenvalue weighted by atomic mass is 10.1. The second-order valence-corrected chi connectivity index (χ2v) is 8.28. The molecule has 2 aromatic carbocycles. The first-order valence-electron chi connectivity index (χ1n) is 11.3. The molecule has 0 amide bonds. The summed E-state index contributed by atoms with van der Waals surface area (Å²) < 4.78 is 0. The van der Waals surface area contributed by atoms with Crippen molar-refractivity contribution in [3.8, 4) is 11.8 Å². The molecule has 31 heavy (non-hydrogen) atoms. The molecule has 0 radical (unpaired) electrons. The van der Waals surface area contributed by atoms with Crippen molar-refractivity contribution in [3.05, 3.63) is 70.2 Å². The van der Waals surface area contributed by atoms with E-state index in [0.29, 0.717) is 18.1 Å². The van der Waals surface area contributed by atoms with Crippen LogP contribution >= 0.6 is 11.6 Å². The first kappa shape index (κ1) is 25.0. The van der Waals surface area contributed by atoms with E-state index >= 15 is 0 Å². The van der Waals surface area contributed by atoms with Crippen LogP contribution in [-0.4, -0.2) is 17.6 Å². The van der Waals surface area contributed by atoms with Crippen molar-refractivity contribution >= 4 is 17.6 Å². The van der Waals surface area contributed by atoms with Crippen LogP contribution in [0.15, 0.2) is 48.5 Å². The lowest BCUT2D eigenvalue weighted by Gasteiger charge is -2.20. The number of nitrogens with zero attached hydrogens (tertiary/aromatic N) is 1. The molecule has 0 heterocycles. The van der Waals surface area contributed by atoms with Crippen LogP contribution in [0.3, 0.4) is 0 Å². The Hall–Kier alpha value is -2.28. The maximum atomic E-state index is 11.5. The Kier molecular flexibility index (Phi) is 11.8. The number of hydrogen-bond donors (Lipinski definition) is 0. The summed E-state index contributed by atoms with van der Waals surface area (Å²) in [7, 11) is 0. The zero-order valence-electron chi connectivity index (χ0n) is 18.8. The number of halogens is 1. The molecule has 0 bridgehead atoms. The van der Waals surface area contributed by atoms with Crippen molar-refractivity contribution in [3.63, 3.8) is 0 Å². The number of carbonyl (C=O) groups is 1. The maximum Gasteiger partial charge on any atom is 0.322 e. The average molecular weight is 440 g/mol. The zero-order chi connectivity index (χ0) is 22.3. The number of carbonyl (C=O) groups excluding carboxylic acids is 1. The highest BCUT2D eigenvalue weighted by Gasteiger charge is 2.10. The van der Waals surface area contributed by atoms with Gasteiger partial charge in [0.25, 0.3) is 0 Å². The summed E-state index contributed by atoms with van der Waals surface area (Å²) in [4.78, 5) is 16.9. The first-order chi connectivity index (χ1) is 15.1. The first-order valence-corrected chi connectivity index (χ1v) is 11.7. The molecule has 0 aliphatic heterocycles. The summed E-state index contributed by atoms with van der Waals surface area (Å²) >= 11 is 6.06. The molecular formula is C27H34ClNO2. The number of hydroxylamine groups is 2. The minimum atomic E-state index is -0.316. The smallest absolute Gasteiger partial charge is 0.322 e. The second kappa shape index (κ2) is 14.7. The van der Waals surface area contributed by atoms with Gasteiger partial charge in [-0.2, -0.15) is 0 Å². The molecule has 0 N–H and O–H groups in total. The van der Waals surface area contributed by atoms with Crippen LogP contribution in [-0.2, 0) is 22.6 Å². The van der Waals surface area contributed by atoms with Crippen LogP contribution in [0.1, 0.15) is 75.5 Å². The molecule has 3 nitrogen and oxygen atoms in total. The molecule has 2 rings (SSSR count). The molecule has 166 valence electrons. The number of unbranched alkanes of at least 4 members (excludes halogenated alkanes) is 6. The Morgan fingerprint density at radius 2 is 1.74 bits per heavy atom. The summed E-state index contributed by atoms with van der Waals surface area (Å²) in [6.07, 6.45) is 9.44. The third-order valence-corrected chi connectivity index (χ3v) is 5.23. The second-order valence-electron chi connectivity index (χ2n) is 7.84. The Labute approximate surface area is 192 Å². The minimum Gasteiger partial charge on any atom is -0.368 e. The molecule has 0 fully saturated rings. The van der Waals surface area contributed by atoms with Gasteiger partial charge in [0.15, 0.2) is 0 Å². The molecule has 0 aliphatic carbocycles. The fourth-order valence-electron chi connectivity index (χ4n) is 3.34. The van der Waals surface area contributed by atoms with Crippen molar-refractivity contribution in [2.24, 2.45) is 0 Å². The Morgan fingerprint density at radius 1 is 1.00 bits per heavy atom. The van der Waals surface area contributed by atoms with E-state index in [9.17, 15) is 4.79 Å². The van der Waals surface area contributed by atoms with Crippen molar-refractivity contribution < 1.29 is 9.63 Å². The minimum absolute atomic E-state index is 0.316. The highest BCUT2D eigenvalue weighted by Crippen LogP contribution is 2.13. The summed E-state index contributed by atoms with van der Waals surface area (Å²) in [5, 5.41) is 2.41. The molecular weight excluding hydrogens is 406 g/mol. The normalized spacial score (nSPS) is 10.6. The molecule has 0 aliphatic rings. The molecule has 0 saturated carbocycles. The van der Waals surface area contributed by atoms with Crippen LogP contribution in [0.5, 0.6) is 0 Å². The van der Waals surface area contributed by atoms with Gasteiger partial charge in [-0.3, -0.25) is 4.79 Å². The Bertz CT molecular complexity index is 852. The highest BCUT2D eigenvalue weighted by molar-refractivity contribution is 6.30. The lowest BCUT2D eigenvalue weighted by Crippen LogP contribution is -2.28. The maximum absolute atomic E-state index is 11.5. The summed E-state index contributed by atoms with van der Waals surface area (Å²) in [5.74, 6) is 6.21. The van der Waals surface area contributed by atoms with E-state index in [1.54, 1.807) is 5.06 Å². The largest absolute Gasteiger partial charge is 0.368 e. The van der Waals surface area contributed by atoms with E-state index in [1.807, 2.05) is 48.5 Å². The van der Waals surface area contributed by atoms with Gasteiger partial charge in [0, 0.05) is 30.5 Å². The highest BCUT2D eigenvalue weighted by atomic mass is 35.5. The van der Waals surface area contributed by atoms with Gasteiger partial charge >= 0.3 is 5.97 Å². The molecule has 0 saturated heterocycles. The molecule has 4 heteroatoms. The zero-order valence-corrected chi connectivity index (χ0v) is 19.6. The number of benzene rings is 2. The van der Waals surface area contributed by atoms with E-state index < -0.39 is 0 Å². The number of hydrogen-bond acceptors (Lipinski definition) is 3. The Balaban J connectivity index is 1.82. The summed E-state index contributed by atoms with van der Waals surface area (Å²) in [6.45, 7) is 4.80. The van der Waals surface area contributed by atoms with E-state index in [-0.39, 0.29) is 5.97 Å². The SMILES string of the molecule is CCCCCCCCC#Cc1ccc(CN(CCc2cccc(Cl)c2)OC(C)=O)cc1. The summed E-state index contributed by atoms with van der Waals surface area (Å²) in [5.41, 5.74) is 3.21. The molecule has 0 atom stereocenters. The van der Waals surface area contributed by atoms with E-state index in [2.05, 4.69) is 18.8 Å². The standard InChI is InChI=1S/C27H34ClNO2/c1-3-4-5-6-7-8-9-10-12-24-15-17-26(18-16-24)22-29(31-23(2)30)20-19-25-13-11-14-27(28)21-25/h11,13-18,21H,3-9,19-20,22H2,1-2H3. The fraction of sp³-hybridized carbons (Fsp3) is 0.444. The van der Waals surface area contributed by atoms with Crippen LogP contribution in [0.25, 0.3) is 0 Å². The predicted octanol–water partition coefficient (Wildman–Crippen LogP) is 6.96. The van der Waals surface area contributed by atoms with Crippen LogP contribution in [0.4, 0.5) is 0 Å². The third kappa shape index (κ3) is 11.1. The number of rotatable bonds is 12. The van der Waals surface area contributed by atoms with E-state index in [1.165, 1.54) is 45.4 Å². The van der Waals surface area contributed by atoms with Crippen LogP contribution in [0, 0.1) is 11.8 Å². The lowest BCUT2D eigenvalue weighted by molar-refractivity contribution is -0.190. The molecule has 0 unspecified atom stereocenters. The van der Waals surface area contributed by atoms with Gasteiger partial charge in [0.1, 0.15) is 0 Å². The average Bonchev–Trinajstić information content (AvgIpc) is 2.75. The van der Waals surface area contributed by atoms with Crippen molar-refractivity contribution in [1.82, 2.24) is 5.06 Å². The van der Waals surface area contributed by atoms with Crippen LogP contribution in [0.2, 0.25) is 5.02 Å².